The molecule has 3 heterocycles. The lowest BCUT2D eigenvalue weighted by molar-refractivity contribution is -0.116. The van der Waals surface area contributed by atoms with Crippen molar-refractivity contribution in [2.24, 2.45) is 0 Å². The zero-order valence-electron chi connectivity index (χ0n) is 15.3. The first kappa shape index (κ1) is 18.3. The zero-order valence-corrected chi connectivity index (χ0v) is 15.3. The Morgan fingerprint density at radius 2 is 2.15 bits per heavy atom. The lowest BCUT2D eigenvalue weighted by Gasteiger charge is -2.16. The van der Waals surface area contributed by atoms with Crippen molar-refractivity contribution in [1.82, 2.24) is 24.8 Å². The highest BCUT2D eigenvalue weighted by Crippen LogP contribution is 2.16. The van der Waals surface area contributed by atoms with Crippen molar-refractivity contribution in [3.8, 4) is 5.82 Å². The number of hydrogen-bond donors (Lipinski definition) is 1. The highest BCUT2D eigenvalue weighted by Gasteiger charge is 2.22. The van der Waals surface area contributed by atoms with Gasteiger partial charge in [-0.2, -0.15) is 5.10 Å². The zero-order chi connectivity index (χ0) is 19.4. The predicted molar refractivity (Wildman–Crippen MR) is 97.6 cm³/mol. The van der Waals surface area contributed by atoms with Gasteiger partial charge in [0.1, 0.15) is 5.76 Å². The van der Waals surface area contributed by atoms with Crippen LogP contribution in [0.15, 0.2) is 41.2 Å². The predicted octanol–water partition coefficient (Wildman–Crippen LogP) is 1.84. The highest BCUT2D eigenvalue weighted by molar-refractivity contribution is 5.99. The standard InChI is InChI=1S/C18H20N6O3/c1-4-14-13(10-20-24(14)16-7-5-6-8-19-16)18(26)23(3)11-17(25)21-15-9-12(2)27-22-15/h5-10H,4,11H2,1-3H3,(H,21,22,25). The molecule has 0 aliphatic rings. The number of aromatic nitrogens is 4. The molecular weight excluding hydrogens is 348 g/mol. The summed E-state index contributed by atoms with van der Waals surface area (Å²) in [5, 5.41) is 10.6. The average Bonchev–Trinajstić information content (AvgIpc) is 3.27. The van der Waals surface area contributed by atoms with Gasteiger partial charge in [-0.3, -0.25) is 9.59 Å². The van der Waals surface area contributed by atoms with E-state index in [4.69, 9.17) is 4.52 Å². The monoisotopic (exact) mass is 368 g/mol. The number of pyridine rings is 1. The molecule has 3 rings (SSSR count). The molecule has 0 aliphatic heterocycles. The molecule has 0 radical (unpaired) electrons. The molecule has 0 aliphatic carbocycles. The Kier molecular flexibility index (Phi) is 5.30. The summed E-state index contributed by atoms with van der Waals surface area (Å²) in [6, 6.07) is 7.09. The van der Waals surface area contributed by atoms with Gasteiger partial charge in [0.05, 0.1) is 24.0 Å². The molecular formula is C18H20N6O3. The highest BCUT2D eigenvalue weighted by atomic mass is 16.5. The first-order valence-electron chi connectivity index (χ1n) is 8.46. The van der Waals surface area contributed by atoms with Crippen molar-refractivity contribution < 1.29 is 14.1 Å². The largest absolute Gasteiger partial charge is 0.360 e. The Hall–Kier alpha value is -3.49. The van der Waals surface area contributed by atoms with Crippen LogP contribution in [0.4, 0.5) is 5.82 Å². The average molecular weight is 368 g/mol. The topological polar surface area (TPSA) is 106 Å². The van der Waals surface area contributed by atoms with Gasteiger partial charge in [0.25, 0.3) is 5.91 Å². The molecule has 140 valence electrons. The van der Waals surface area contributed by atoms with Gasteiger partial charge in [0.2, 0.25) is 5.91 Å². The van der Waals surface area contributed by atoms with Crippen LogP contribution < -0.4 is 5.32 Å². The molecule has 3 aromatic rings. The van der Waals surface area contributed by atoms with Crippen molar-refractivity contribution in [3.63, 3.8) is 0 Å². The normalized spacial score (nSPS) is 10.6. The van der Waals surface area contributed by atoms with Gasteiger partial charge in [-0.15, -0.1) is 0 Å². The fourth-order valence-corrected chi connectivity index (χ4v) is 2.67. The third-order valence-corrected chi connectivity index (χ3v) is 3.92. The lowest BCUT2D eigenvalue weighted by Crippen LogP contribution is -2.35. The molecule has 0 saturated carbocycles. The van der Waals surface area contributed by atoms with E-state index in [1.165, 1.54) is 11.1 Å². The first-order valence-corrected chi connectivity index (χ1v) is 8.46. The fraction of sp³-hybridized carbons (Fsp3) is 0.278. The van der Waals surface area contributed by atoms with Crippen LogP contribution in [0.3, 0.4) is 0 Å². The molecule has 1 N–H and O–H groups in total. The molecule has 0 atom stereocenters. The van der Waals surface area contributed by atoms with Gasteiger partial charge >= 0.3 is 0 Å². The van der Waals surface area contributed by atoms with Crippen LogP contribution in [0.5, 0.6) is 0 Å². The number of nitrogens with zero attached hydrogens (tertiary/aromatic N) is 5. The molecule has 0 unspecified atom stereocenters. The van der Waals surface area contributed by atoms with Crippen LogP contribution >= 0.6 is 0 Å². The van der Waals surface area contributed by atoms with Gasteiger partial charge in [-0.25, -0.2) is 9.67 Å². The summed E-state index contributed by atoms with van der Waals surface area (Å²) in [4.78, 5) is 30.5. The van der Waals surface area contributed by atoms with E-state index in [0.717, 1.165) is 5.69 Å². The third kappa shape index (κ3) is 4.02. The first-order chi connectivity index (χ1) is 13.0. The van der Waals surface area contributed by atoms with Crippen LogP contribution in [0.2, 0.25) is 0 Å². The van der Waals surface area contributed by atoms with Crippen LogP contribution in [-0.2, 0) is 11.2 Å². The van der Waals surface area contributed by atoms with Crippen molar-refractivity contribution in [1.29, 1.82) is 0 Å². The van der Waals surface area contributed by atoms with Gasteiger partial charge < -0.3 is 14.7 Å². The van der Waals surface area contributed by atoms with Crippen LogP contribution in [-0.4, -0.2) is 50.2 Å². The van der Waals surface area contributed by atoms with Crippen LogP contribution in [0, 0.1) is 6.92 Å². The molecule has 9 nitrogen and oxygen atoms in total. The molecule has 9 heteroatoms. The quantitative estimate of drug-likeness (QED) is 0.711. The number of rotatable bonds is 6. The van der Waals surface area contributed by atoms with Crippen molar-refractivity contribution in [2.45, 2.75) is 20.3 Å². The summed E-state index contributed by atoms with van der Waals surface area (Å²) < 4.78 is 6.54. The number of amides is 2. The molecule has 0 bridgehead atoms. The van der Waals surface area contributed by atoms with E-state index in [-0.39, 0.29) is 18.4 Å². The number of carbonyl (C=O) groups excluding carboxylic acids is 2. The SMILES string of the molecule is CCc1c(C(=O)N(C)CC(=O)Nc2cc(C)on2)cnn1-c1ccccn1. The molecule has 0 fully saturated rings. The van der Waals surface area contributed by atoms with Gasteiger partial charge in [0.15, 0.2) is 11.6 Å². The maximum Gasteiger partial charge on any atom is 0.257 e. The number of hydrogen-bond acceptors (Lipinski definition) is 6. The van der Waals surface area contributed by atoms with Gasteiger partial charge in [0, 0.05) is 19.3 Å². The minimum atomic E-state index is -0.366. The Bertz CT molecular complexity index is 947. The molecule has 0 spiro atoms. The smallest absolute Gasteiger partial charge is 0.257 e. The number of anilines is 1. The van der Waals surface area contributed by atoms with E-state index >= 15 is 0 Å². The van der Waals surface area contributed by atoms with Crippen molar-refractivity contribution >= 4 is 17.6 Å². The van der Waals surface area contributed by atoms with Crippen LogP contribution in [0.25, 0.3) is 5.82 Å². The van der Waals surface area contributed by atoms with Gasteiger partial charge in [-0.1, -0.05) is 18.1 Å². The summed E-state index contributed by atoms with van der Waals surface area (Å²) in [6.45, 7) is 3.54. The summed E-state index contributed by atoms with van der Waals surface area (Å²) in [5.41, 5.74) is 1.17. The fourth-order valence-electron chi connectivity index (χ4n) is 2.67. The van der Waals surface area contributed by atoms with Gasteiger partial charge in [-0.05, 0) is 25.5 Å². The van der Waals surface area contributed by atoms with E-state index in [1.807, 2.05) is 25.1 Å². The van der Waals surface area contributed by atoms with E-state index in [0.29, 0.717) is 29.4 Å². The van der Waals surface area contributed by atoms with Crippen molar-refractivity contribution in [2.75, 3.05) is 18.9 Å². The summed E-state index contributed by atoms with van der Waals surface area (Å²) in [7, 11) is 1.56. The van der Waals surface area contributed by atoms with E-state index < -0.39 is 0 Å². The Labute approximate surface area is 156 Å². The Morgan fingerprint density at radius 1 is 1.33 bits per heavy atom. The lowest BCUT2D eigenvalue weighted by atomic mass is 10.2. The summed E-state index contributed by atoms with van der Waals surface area (Å²) in [5.74, 6) is 0.879. The number of nitrogens with one attached hydrogen (secondary N) is 1. The summed E-state index contributed by atoms with van der Waals surface area (Å²) >= 11 is 0. The third-order valence-electron chi connectivity index (χ3n) is 3.92. The van der Waals surface area contributed by atoms with Crippen LogP contribution in [0.1, 0.15) is 28.7 Å². The maximum absolute atomic E-state index is 12.8. The molecule has 3 aromatic heterocycles. The Balaban J connectivity index is 1.73. The molecule has 0 saturated heterocycles. The second kappa shape index (κ2) is 7.81. The number of likely N-dealkylation sites (N-methyl/N-ethyl adjacent to an activating group) is 1. The number of aryl methyl sites for hydroxylation is 1. The number of carbonyl (C=O) groups is 2. The Morgan fingerprint density at radius 3 is 2.78 bits per heavy atom. The molecule has 2 amide bonds. The summed E-state index contributed by atoms with van der Waals surface area (Å²) in [6.07, 6.45) is 3.77. The van der Waals surface area contributed by atoms with E-state index in [2.05, 4.69) is 20.6 Å². The van der Waals surface area contributed by atoms with E-state index in [1.54, 1.807) is 30.9 Å². The molecule has 0 aromatic carbocycles. The maximum atomic E-state index is 12.8. The van der Waals surface area contributed by atoms with Crippen molar-refractivity contribution in [3.05, 3.63) is 53.7 Å². The van der Waals surface area contributed by atoms with E-state index in [9.17, 15) is 9.59 Å². The second-order valence-corrected chi connectivity index (χ2v) is 5.99. The minimum absolute atomic E-state index is 0.122. The minimum Gasteiger partial charge on any atom is -0.360 e. The molecule has 27 heavy (non-hydrogen) atoms. The second-order valence-electron chi connectivity index (χ2n) is 5.99.